The maximum absolute atomic E-state index is 14.2. The van der Waals surface area contributed by atoms with Gasteiger partial charge in [-0.15, -0.1) is 0 Å². The standard InChI is InChI=1S/C37H65NO14/c1-13-25-36(9,45)29(41)20(4)26(39)18(2)15-34(7,44)31(50-33-27(40)24(38(10)11)14-19(3)48-33)21(5)28-23(32(43)49-25)16-47-37(52-28)17-35(8,46-12)30(42)22(6)51-37/h18-25,27-31,33,40-42,44-45H,13-17H2,1-12H3/t18-,19?,20+,21+,22?,23-,24-,25-,27?,28+,29-,30+,31-,33+,34-,35+,36-,37-/m1/s1. The molecule has 0 saturated carbocycles. The van der Waals surface area contributed by atoms with Crippen molar-refractivity contribution in [2.75, 3.05) is 27.8 Å². The predicted molar refractivity (Wildman–Crippen MR) is 185 cm³/mol. The largest absolute Gasteiger partial charge is 0.459 e. The second kappa shape index (κ2) is 16.0. The van der Waals surface area contributed by atoms with Gasteiger partial charge in [-0.1, -0.05) is 27.7 Å². The lowest BCUT2D eigenvalue weighted by Gasteiger charge is -2.55. The summed E-state index contributed by atoms with van der Waals surface area (Å²) in [6.45, 7) is 14.3. The number of cyclic esters (lactones) is 1. The van der Waals surface area contributed by atoms with Crippen LogP contribution in [-0.2, 0) is 42.7 Å². The summed E-state index contributed by atoms with van der Waals surface area (Å²) in [6.07, 6.45) is -9.39. The van der Waals surface area contributed by atoms with Crippen LogP contribution in [0.1, 0.15) is 88.0 Å². The lowest BCUT2D eigenvalue weighted by Crippen LogP contribution is -2.67. The van der Waals surface area contributed by atoms with E-state index < -0.39 is 107 Å². The van der Waals surface area contributed by atoms with Gasteiger partial charge < -0.3 is 63.6 Å². The first kappa shape index (κ1) is 43.4. The number of ketones is 1. The Morgan fingerprint density at radius 1 is 0.962 bits per heavy atom. The van der Waals surface area contributed by atoms with Gasteiger partial charge in [0, 0.05) is 30.9 Å². The molecule has 15 heteroatoms. The summed E-state index contributed by atoms with van der Waals surface area (Å²) in [5.41, 5.74) is -5.03. The molecule has 0 amide bonds. The summed E-state index contributed by atoms with van der Waals surface area (Å²) in [4.78, 5) is 30.0. The van der Waals surface area contributed by atoms with Gasteiger partial charge in [-0.25, -0.2) is 0 Å². The highest BCUT2D eigenvalue weighted by Crippen LogP contribution is 2.47. The molecule has 0 aliphatic carbocycles. The van der Waals surface area contributed by atoms with Crippen molar-refractivity contribution in [3.8, 4) is 0 Å². The Morgan fingerprint density at radius 3 is 2.17 bits per heavy atom. The topological polar surface area (TPSA) is 203 Å². The number of esters is 1. The van der Waals surface area contributed by atoms with E-state index in [0.717, 1.165) is 0 Å². The number of hydrogen-bond donors (Lipinski definition) is 5. The molecule has 0 aromatic rings. The molecule has 0 aromatic heterocycles. The van der Waals surface area contributed by atoms with Gasteiger partial charge in [-0.3, -0.25) is 9.59 Å². The van der Waals surface area contributed by atoms with Crippen LogP contribution in [-0.4, -0.2) is 154 Å². The Bertz CT molecular complexity index is 1250. The van der Waals surface area contributed by atoms with Crippen molar-refractivity contribution in [3.63, 3.8) is 0 Å². The molecule has 4 aliphatic rings. The fraction of sp³-hybridized carbons (Fsp3) is 0.946. The van der Waals surface area contributed by atoms with Crippen LogP contribution in [0, 0.1) is 23.7 Å². The van der Waals surface area contributed by atoms with Crippen molar-refractivity contribution < 1.29 is 68.3 Å². The zero-order valence-electron chi connectivity index (χ0n) is 33.0. The smallest absolute Gasteiger partial charge is 0.314 e. The Morgan fingerprint density at radius 2 is 1.60 bits per heavy atom. The summed E-state index contributed by atoms with van der Waals surface area (Å²) < 4.78 is 43.5. The summed E-state index contributed by atoms with van der Waals surface area (Å²) in [6, 6.07) is -0.338. The number of aliphatic hydroxyl groups excluding tert-OH is 3. The van der Waals surface area contributed by atoms with Crippen LogP contribution < -0.4 is 0 Å². The van der Waals surface area contributed by atoms with Crippen molar-refractivity contribution >= 4 is 11.8 Å². The number of fused-ring (bicyclic) bond motifs is 1. The molecule has 18 atom stereocenters. The van der Waals surface area contributed by atoms with Crippen LogP contribution in [0.3, 0.4) is 0 Å². The maximum atomic E-state index is 14.2. The number of carbonyl (C=O) groups excluding carboxylic acids is 2. The van der Waals surface area contributed by atoms with E-state index in [1.807, 2.05) is 25.9 Å². The SMILES string of the molecule is CC[C@H]1OC(=O)[C@@H]2CO[C@@]3(C[C@](C)(OC)[C@@H](O)C(C)O3)O[C@H]2[C@H](C)[C@@H](O[C@@H]2OC(C)C[C@@H](N(C)C)C2O)[C@](C)(O)C[C@@H](C)C(=O)[C@H](C)[C@@H](O)[C@]1(C)O. The van der Waals surface area contributed by atoms with Crippen molar-refractivity contribution in [2.24, 2.45) is 23.7 Å². The van der Waals surface area contributed by atoms with Gasteiger partial charge in [-0.05, 0) is 68.0 Å². The zero-order chi connectivity index (χ0) is 39.3. The molecule has 1 spiro atoms. The Balaban J connectivity index is 1.86. The number of Topliss-reactive ketones (excluding diaryl/α,β-unsaturated/α-hetero) is 1. The molecular formula is C37H65NO14. The van der Waals surface area contributed by atoms with Gasteiger partial charge in [-0.2, -0.15) is 0 Å². The van der Waals surface area contributed by atoms with Crippen molar-refractivity contribution in [2.45, 2.75) is 172 Å². The molecule has 0 aromatic carbocycles. The molecule has 302 valence electrons. The van der Waals surface area contributed by atoms with E-state index in [0.29, 0.717) is 6.42 Å². The van der Waals surface area contributed by atoms with E-state index in [1.165, 1.54) is 27.9 Å². The van der Waals surface area contributed by atoms with Gasteiger partial charge in [0.2, 0.25) is 0 Å². The number of nitrogens with zero attached hydrogens (tertiary/aromatic N) is 1. The average molecular weight is 748 g/mol. The summed E-state index contributed by atoms with van der Waals surface area (Å²) in [5.74, 6) is -7.05. The van der Waals surface area contributed by atoms with Gasteiger partial charge >= 0.3 is 5.97 Å². The Hall–Kier alpha value is -1.34. The highest BCUT2D eigenvalue weighted by atomic mass is 16.9. The highest BCUT2D eigenvalue weighted by Gasteiger charge is 2.61. The third kappa shape index (κ3) is 8.41. The van der Waals surface area contributed by atoms with Crippen LogP contribution in [0.5, 0.6) is 0 Å². The summed E-state index contributed by atoms with van der Waals surface area (Å²) in [5, 5.41) is 57.9. The molecule has 5 N–H and O–H groups in total. The van der Waals surface area contributed by atoms with Gasteiger partial charge in [0.25, 0.3) is 5.97 Å². The van der Waals surface area contributed by atoms with Crippen LogP contribution in [0.2, 0.25) is 0 Å². The van der Waals surface area contributed by atoms with Gasteiger partial charge in [0.05, 0.1) is 49.1 Å². The Kier molecular flexibility index (Phi) is 13.4. The molecule has 0 bridgehead atoms. The summed E-state index contributed by atoms with van der Waals surface area (Å²) in [7, 11) is 5.14. The molecule has 4 rings (SSSR count). The Labute approximate surface area is 308 Å². The molecule has 52 heavy (non-hydrogen) atoms. The van der Waals surface area contributed by atoms with Crippen LogP contribution in [0.15, 0.2) is 0 Å². The molecule has 3 unspecified atom stereocenters. The molecule has 4 aliphatic heterocycles. The van der Waals surface area contributed by atoms with Gasteiger partial charge in [0.15, 0.2) is 6.29 Å². The van der Waals surface area contributed by atoms with Crippen LogP contribution in [0.25, 0.3) is 0 Å². The number of ether oxygens (including phenoxy) is 7. The predicted octanol–water partition coefficient (Wildman–Crippen LogP) is 1.12. The van der Waals surface area contributed by atoms with Crippen LogP contribution in [0.4, 0.5) is 0 Å². The third-order valence-electron chi connectivity index (χ3n) is 12.1. The number of methoxy groups -OCH3 is 1. The number of rotatable bonds is 5. The lowest BCUT2D eigenvalue weighted by atomic mass is 9.73. The molecule has 4 fully saturated rings. The first-order valence-electron chi connectivity index (χ1n) is 18.7. The van der Waals surface area contributed by atoms with Crippen molar-refractivity contribution in [1.29, 1.82) is 0 Å². The van der Waals surface area contributed by atoms with E-state index in [1.54, 1.807) is 34.6 Å². The second-order valence-electron chi connectivity index (χ2n) is 16.8. The molecular weight excluding hydrogens is 682 g/mol. The molecule has 4 saturated heterocycles. The summed E-state index contributed by atoms with van der Waals surface area (Å²) >= 11 is 0. The molecule has 4 heterocycles. The van der Waals surface area contributed by atoms with Crippen molar-refractivity contribution in [1.82, 2.24) is 4.90 Å². The fourth-order valence-corrected chi connectivity index (χ4v) is 8.87. The van der Waals surface area contributed by atoms with Crippen LogP contribution >= 0.6 is 0 Å². The van der Waals surface area contributed by atoms with E-state index >= 15 is 0 Å². The van der Waals surface area contributed by atoms with E-state index in [-0.39, 0.29) is 38.0 Å². The van der Waals surface area contributed by atoms with E-state index in [9.17, 15) is 35.1 Å². The maximum Gasteiger partial charge on any atom is 0.314 e. The number of likely N-dealkylation sites (N-methyl/N-ethyl adjacent to an activating group) is 1. The number of carbonyl (C=O) groups is 2. The number of hydrogen-bond acceptors (Lipinski definition) is 15. The quantitative estimate of drug-likeness (QED) is 0.250. The minimum atomic E-state index is -2.03. The van der Waals surface area contributed by atoms with E-state index in [2.05, 4.69) is 0 Å². The van der Waals surface area contributed by atoms with E-state index in [4.69, 9.17) is 33.2 Å². The highest BCUT2D eigenvalue weighted by molar-refractivity contribution is 5.83. The third-order valence-corrected chi connectivity index (χ3v) is 12.1. The van der Waals surface area contributed by atoms with Crippen molar-refractivity contribution in [3.05, 3.63) is 0 Å². The molecule has 0 radical (unpaired) electrons. The minimum absolute atomic E-state index is 0.0939. The second-order valence-corrected chi connectivity index (χ2v) is 16.8. The lowest BCUT2D eigenvalue weighted by molar-refractivity contribution is -0.474. The fourth-order valence-electron chi connectivity index (χ4n) is 8.87. The zero-order valence-corrected chi connectivity index (χ0v) is 33.0. The normalized spacial score (nSPS) is 51.5. The average Bonchev–Trinajstić information content (AvgIpc) is 3.07. The minimum Gasteiger partial charge on any atom is -0.459 e. The molecule has 15 nitrogen and oxygen atoms in total. The first-order valence-corrected chi connectivity index (χ1v) is 18.7. The number of aliphatic hydroxyl groups is 5. The van der Waals surface area contributed by atoms with Gasteiger partial charge in [0.1, 0.15) is 41.2 Å². The first-order chi connectivity index (χ1) is 23.9. The monoisotopic (exact) mass is 747 g/mol.